The molecule has 0 bridgehead atoms. The Morgan fingerprint density at radius 2 is 2.00 bits per heavy atom. The van der Waals surface area contributed by atoms with Crippen LogP contribution in [0.5, 0.6) is 0 Å². The number of amides is 1. The van der Waals surface area contributed by atoms with Gasteiger partial charge in [0.1, 0.15) is 0 Å². The van der Waals surface area contributed by atoms with Crippen molar-refractivity contribution < 1.29 is 9.53 Å². The lowest BCUT2D eigenvalue weighted by Crippen LogP contribution is -2.40. The SMILES string of the molecule is N#CCSc1nc2cc(C(=O)N3CCOCC3)ccc2c(=O)n1C1CCCCC1. The molecule has 7 nitrogen and oxygen atoms in total. The van der Waals surface area contributed by atoms with Crippen LogP contribution >= 0.6 is 11.8 Å². The summed E-state index contributed by atoms with van der Waals surface area (Å²) in [7, 11) is 0. The van der Waals surface area contributed by atoms with E-state index in [0.717, 1.165) is 25.7 Å². The van der Waals surface area contributed by atoms with Crippen molar-refractivity contribution in [2.75, 3.05) is 32.1 Å². The second kappa shape index (κ2) is 8.97. The van der Waals surface area contributed by atoms with Gasteiger partial charge in [0.2, 0.25) is 0 Å². The maximum Gasteiger partial charge on any atom is 0.262 e. The summed E-state index contributed by atoms with van der Waals surface area (Å²) >= 11 is 1.29. The van der Waals surface area contributed by atoms with Gasteiger partial charge in [-0.2, -0.15) is 5.26 Å². The first-order chi connectivity index (χ1) is 14.2. The number of carbonyl (C=O) groups excluding carboxylic acids is 1. The molecular weight excluding hydrogens is 388 g/mol. The molecule has 2 aromatic rings. The molecule has 0 atom stereocenters. The molecule has 1 amide bonds. The van der Waals surface area contributed by atoms with Gasteiger partial charge in [0.25, 0.3) is 11.5 Å². The maximum absolute atomic E-state index is 13.3. The number of thioether (sulfide) groups is 1. The minimum absolute atomic E-state index is 0.0697. The van der Waals surface area contributed by atoms with Crippen LogP contribution in [0.4, 0.5) is 0 Å². The van der Waals surface area contributed by atoms with Crippen LogP contribution in [-0.2, 0) is 4.74 Å². The van der Waals surface area contributed by atoms with E-state index < -0.39 is 0 Å². The predicted molar refractivity (Wildman–Crippen MR) is 111 cm³/mol. The summed E-state index contributed by atoms with van der Waals surface area (Å²) in [5.41, 5.74) is 0.965. The van der Waals surface area contributed by atoms with Crippen LogP contribution in [-0.4, -0.2) is 52.4 Å². The molecule has 2 fully saturated rings. The fraction of sp³-hybridized carbons (Fsp3) is 0.524. The third-order valence-electron chi connectivity index (χ3n) is 5.62. The Kier molecular flexibility index (Phi) is 6.16. The first kappa shape index (κ1) is 19.9. The lowest BCUT2D eigenvalue weighted by molar-refractivity contribution is 0.0303. The highest BCUT2D eigenvalue weighted by molar-refractivity contribution is 7.99. The summed E-state index contributed by atoms with van der Waals surface area (Å²) in [5.74, 6) is 0.163. The van der Waals surface area contributed by atoms with Gasteiger partial charge in [0.15, 0.2) is 5.16 Å². The van der Waals surface area contributed by atoms with Crippen molar-refractivity contribution in [3.8, 4) is 6.07 Å². The van der Waals surface area contributed by atoms with Crippen LogP contribution in [0.25, 0.3) is 10.9 Å². The number of nitrogens with zero attached hydrogens (tertiary/aromatic N) is 4. The molecule has 1 aromatic heterocycles. The van der Waals surface area contributed by atoms with Gasteiger partial charge in [-0.25, -0.2) is 4.98 Å². The lowest BCUT2D eigenvalue weighted by Gasteiger charge is -2.27. The molecule has 4 rings (SSSR count). The molecular formula is C21H24N4O3S. The number of rotatable bonds is 4. The summed E-state index contributed by atoms with van der Waals surface area (Å²) in [6, 6.07) is 7.39. The van der Waals surface area contributed by atoms with Gasteiger partial charge in [-0.1, -0.05) is 31.0 Å². The number of hydrogen-bond acceptors (Lipinski definition) is 6. The molecule has 8 heteroatoms. The molecule has 2 heterocycles. The summed E-state index contributed by atoms with van der Waals surface area (Å²) in [4.78, 5) is 32.6. The number of benzene rings is 1. The summed E-state index contributed by atoms with van der Waals surface area (Å²) in [5, 5.41) is 10.1. The van der Waals surface area contributed by atoms with Gasteiger partial charge in [0.05, 0.1) is 35.9 Å². The Bertz CT molecular complexity index is 1000. The van der Waals surface area contributed by atoms with Gasteiger partial charge >= 0.3 is 0 Å². The number of nitriles is 1. The van der Waals surface area contributed by atoms with Crippen molar-refractivity contribution in [2.24, 2.45) is 0 Å². The standard InChI is InChI=1S/C21H24N4O3S/c22-8-13-29-21-23-18-14-15(19(26)24-9-11-28-12-10-24)6-7-17(18)20(27)25(21)16-4-2-1-3-5-16/h6-7,14,16H,1-5,9-13H2. The zero-order valence-corrected chi connectivity index (χ0v) is 17.1. The summed E-state index contributed by atoms with van der Waals surface area (Å²) in [6.07, 6.45) is 5.32. The third-order valence-corrected chi connectivity index (χ3v) is 6.44. The fourth-order valence-corrected chi connectivity index (χ4v) is 4.85. The van der Waals surface area contributed by atoms with Crippen molar-refractivity contribution in [3.05, 3.63) is 34.1 Å². The van der Waals surface area contributed by atoms with E-state index in [0.29, 0.717) is 47.9 Å². The molecule has 1 saturated heterocycles. The second-order valence-corrected chi connectivity index (χ2v) is 8.39. The largest absolute Gasteiger partial charge is 0.378 e. The number of aromatic nitrogens is 2. The molecule has 1 aromatic carbocycles. The van der Waals surface area contributed by atoms with Gasteiger partial charge in [0, 0.05) is 24.7 Å². The maximum atomic E-state index is 13.3. The van der Waals surface area contributed by atoms with Crippen LogP contribution in [0.2, 0.25) is 0 Å². The zero-order chi connectivity index (χ0) is 20.2. The van der Waals surface area contributed by atoms with E-state index >= 15 is 0 Å². The minimum atomic E-state index is -0.0762. The normalized spacial score (nSPS) is 18.0. The van der Waals surface area contributed by atoms with Crippen LogP contribution in [0, 0.1) is 11.3 Å². The fourth-order valence-electron chi connectivity index (χ4n) is 4.12. The number of morpholine rings is 1. The average Bonchev–Trinajstić information content (AvgIpc) is 2.78. The Hall–Kier alpha value is -2.37. The molecule has 0 spiro atoms. The number of hydrogen-bond donors (Lipinski definition) is 0. The van der Waals surface area contributed by atoms with Crippen molar-refractivity contribution in [2.45, 2.75) is 43.3 Å². The van der Waals surface area contributed by atoms with Crippen molar-refractivity contribution >= 4 is 28.6 Å². The van der Waals surface area contributed by atoms with E-state index in [1.54, 1.807) is 27.7 Å². The predicted octanol–water partition coefficient (Wildman–Crippen LogP) is 2.99. The van der Waals surface area contributed by atoms with E-state index in [1.807, 2.05) is 0 Å². The van der Waals surface area contributed by atoms with Crippen LogP contribution in [0.15, 0.2) is 28.2 Å². The van der Waals surface area contributed by atoms with Crippen LogP contribution in [0.1, 0.15) is 48.5 Å². The van der Waals surface area contributed by atoms with Gasteiger partial charge in [-0.15, -0.1) is 0 Å². The van der Waals surface area contributed by atoms with Crippen LogP contribution < -0.4 is 5.56 Å². The smallest absolute Gasteiger partial charge is 0.262 e. The summed E-state index contributed by atoms with van der Waals surface area (Å²) < 4.78 is 7.10. The summed E-state index contributed by atoms with van der Waals surface area (Å²) in [6.45, 7) is 2.21. The highest BCUT2D eigenvalue weighted by atomic mass is 32.2. The average molecular weight is 413 g/mol. The first-order valence-corrected chi connectivity index (χ1v) is 11.1. The van der Waals surface area contributed by atoms with Crippen molar-refractivity contribution in [1.82, 2.24) is 14.5 Å². The van der Waals surface area contributed by atoms with Gasteiger partial charge < -0.3 is 9.64 Å². The molecule has 29 heavy (non-hydrogen) atoms. The van der Waals surface area contributed by atoms with Crippen LogP contribution in [0.3, 0.4) is 0 Å². The molecule has 0 unspecified atom stereocenters. The highest BCUT2D eigenvalue weighted by Gasteiger charge is 2.23. The quantitative estimate of drug-likeness (QED) is 0.567. The monoisotopic (exact) mass is 412 g/mol. The van der Waals surface area contributed by atoms with Crippen molar-refractivity contribution in [3.63, 3.8) is 0 Å². The molecule has 152 valence electrons. The van der Waals surface area contributed by atoms with Crippen molar-refractivity contribution in [1.29, 1.82) is 5.26 Å². The molecule has 1 aliphatic heterocycles. The van der Waals surface area contributed by atoms with E-state index in [9.17, 15) is 9.59 Å². The Balaban J connectivity index is 1.75. The molecule has 0 radical (unpaired) electrons. The van der Waals surface area contributed by atoms with E-state index in [-0.39, 0.29) is 23.3 Å². The molecule has 0 N–H and O–H groups in total. The Morgan fingerprint density at radius 1 is 1.24 bits per heavy atom. The van der Waals surface area contributed by atoms with E-state index in [1.165, 1.54) is 18.2 Å². The Labute approximate surface area is 173 Å². The second-order valence-electron chi connectivity index (χ2n) is 7.44. The Morgan fingerprint density at radius 3 is 2.72 bits per heavy atom. The third kappa shape index (κ3) is 4.16. The number of ether oxygens (including phenoxy) is 1. The highest BCUT2D eigenvalue weighted by Crippen LogP contribution is 2.31. The minimum Gasteiger partial charge on any atom is -0.378 e. The molecule has 1 saturated carbocycles. The van der Waals surface area contributed by atoms with Gasteiger partial charge in [-0.05, 0) is 31.0 Å². The lowest BCUT2D eigenvalue weighted by atomic mass is 9.95. The number of fused-ring (bicyclic) bond motifs is 1. The zero-order valence-electron chi connectivity index (χ0n) is 16.3. The van der Waals surface area contributed by atoms with E-state index in [2.05, 4.69) is 6.07 Å². The first-order valence-electron chi connectivity index (χ1n) is 10.1. The number of carbonyl (C=O) groups is 1. The molecule has 2 aliphatic rings. The topological polar surface area (TPSA) is 88.2 Å². The van der Waals surface area contributed by atoms with E-state index in [4.69, 9.17) is 15.0 Å². The molecule has 1 aliphatic carbocycles. The van der Waals surface area contributed by atoms with Gasteiger partial charge in [-0.3, -0.25) is 14.2 Å².